The number of carbonyl (C=O) groups is 2. The smallest absolute Gasteiger partial charge is 0.312 e. The van der Waals surface area contributed by atoms with Crippen molar-refractivity contribution in [2.24, 2.45) is 0 Å². The lowest BCUT2D eigenvalue weighted by Crippen LogP contribution is -2.51. The van der Waals surface area contributed by atoms with E-state index in [1.54, 1.807) is 6.92 Å². The molecule has 1 rings (SSSR count). The summed E-state index contributed by atoms with van der Waals surface area (Å²) in [6.07, 6.45) is 0.0161. The van der Waals surface area contributed by atoms with E-state index < -0.39 is 28.3 Å². The molecule has 7 nitrogen and oxygen atoms in total. The molecule has 1 fully saturated rings. The molecule has 1 heterocycles. The lowest BCUT2D eigenvalue weighted by atomic mass is 10.3. The van der Waals surface area contributed by atoms with Crippen LogP contribution in [-0.4, -0.2) is 66.5 Å². The average molecular weight is 278 g/mol. The van der Waals surface area contributed by atoms with E-state index in [9.17, 15) is 18.0 Å². The lowest BCUT2D eigenvalue weighted by molar-refractivity contribution is -0.144. The first-order chi connectivity index (χ1) is 8.36. The molecule has 0 bridgehead atoms. The zero-order chi connectivity index (χ0) is 13.8. The largest absolute Gasteiger partial charge is 0.481 e. The van der Waals surface area contributed by atoms with Crippen molar-refractivity contribution in [3.63, 3.8) is 0 Å². The third-order valence-electron chi connectivity index (χ3n) is 2.75. The maximum Gasteiger partial charge on any atom is 0.312 e. The Balaban J connectivity index is 2.51. The van der Waals surface area contributed by atoms with Crippen LogP contribution in [0, 0.1) is 0 Å². The van der Waals surface area contributed by atoms with E-state index in [-0.39, 0.29) is 31.9 Å². The molecule has 0 aromatic carbocycles. The molecule has 0 spiro atoms. The molecule has 1 amide bonds. The van der Waals surface area contributed by atoms with Gasteiger partial charge in [-0.25, -0.2) is 8.42 Å². The van der Waals surface area contributed by atoms with Gasteiger partial charge >= 0.3 is 5.97 Å². The van der Waals surface area contributed by atoms with Crippen LogP contribution < -0.4 is 0 Å². The Bertz CT molecular complexity index is 412. The monoisotopic (exact) mass is 278 g/mol. The first-order valence-electron chi connectivity index (χ1n) is 5.84. The van der Waals surface area contributed by atoms with Gasteiger partial charge < -0.3 is 10.0 Å². The Kier molecular flexibility index (Phi) is 5.09. The van der Waals surface area contributed by atoms with Gasteiger partial charge in [-0.15, -0.1) is 0 Å². The van der Waals surface area contributed by atoms with Crippen molar-refractivity contribution in [2.45, 2.75) is 19.8 Å². The molecule has 0 aromatic heterocycles. The third kappa shape index (κ3) is 3.95. The molecule has 0 unspecified atom stereocenters. The van der Waals surface area contributed by atoms with Gasteiger partial charge in [-0.05, 0) is 6.42 Å². The molecule has 0 saturated carbocycles. The van der Waals surface area contributed by atoms with Crippen LogP contribution in [0.4, 0.5) is 0 Å². The van der Waals surface area contributed by atoms with E-state index in [1.165, 1.54) is 9.21 Å². The number of sulfonamides is 1. The summed E-state index contributed by atoms with van der Waals surface area (Å²) < 4.78 is 24.9. The fourth-order valence-electron chi connectivity index (χ4n) is 1.84. The molecule has 0 radical (unpaired) electrons. The highest BCUT2D eigenvalue weighted by molar-refractivity contribution is 7.89. The second-order valence-corrected chi connectivity index (χ2v) is 6.25. The normalized spacial score (nSPS) is 17.7. The lowest BCUT2D eigenvalue weighted by Gasteiger charge is -2.33. The zero-order valence-corrected chi connectivity index (χ0v) is 11.1. The van der Waals surface area contributed by atoms with Crippen molar-refractivity contribution in [3.8, 4) is 0 Å². The molecule has 1 aliphatic rings. The zero-order valence-electron chi connectivity index (χ0n) is 10.3. The Morgan fingerprint density at radius 3 is 2.17 bits per heavy atom. The Hall–Kier alpha value is -1.15. The molecule has 0 aromatic rings. The van der Waals surface area contributed by atoms with Crippen molar-refractivity contribution < 1.29 is 23.1 Å². The molecule has 18 heavy (non-hydrogen) atoms. The van der Waals surface area contributed by atoms with E-state index in [0.29, 0.717) is 6.42 Å². The molecule has 8 heteroatoms. The number of hydrogen-bond acceptors (Lipinski definition) is 4. The SMILES string of the molecule is CCCS(=O)(=O)N1CCN(C(=O)CC(=O)O)CC1. The summed E-state index contributed by atoms with van der Waals surface area (Å²) in [7, 11) is -3.23. The van der Waals surface area contributed by atoms with E-state index in [4.69, 9.17) is 5.11 Å². The number of hydrogen-bond donors (Lipinski definition) is 1. The molecule has 104 valence electrons. The summed E-state index contributed by atoms with van der Waals surface area (Å²) in [5, 5.41) is 8.51. The summed E-state index contributed by atoms with van der Waals surface area (Å²) in [5.41, 5.74) is 0. The maximum absolute atomic E-state index is 11.8. The summed E-state index contributed by atoms with van der Waals surface area (Å²) in [4.78, 5) is 23.3. The fourth-order valence-corrected chi connectivity index (χ4v) is 3.34. The number of carboxylic acid groups (broad SMARTS) is 1. The van der Waals surface area contributed by atoms with Gasteiger partial charge in [-0.1, -0.05) is 6.92 Å². The predicted molar refractivity (Wildman–Crippen MR) is 64.5 cm³/mol. The number of carbonyl (C=O) groups excluding carboxylic acids is 1. The first-order valence-corrected chi connectivity index (χ1v) is 7.45. The highest BCUT2D eigenvalue weighted by atomic mass is 32.2. The molecule has 0 atom stereocenters. The minimum absolute atomic E-state index is 0.107. The topological polar surface area (TPSA) is 95.0 Å². The van der Waals surface area contributed by atoms with Gasteiger partial charge in [0.1, 0.15) is 6.42 Å². The molecule has 1 aliphatic heterocycles. The molecule has 1 N–H and O–H groups in total. The quantitative estimate of drug-likeness (QED) is 0.674. The van der Waals surface area contributed by atoms with Crippen molar-refractivity contribution in [1.29, 1.82) is 0 Å². The van der Waals surface area contributed by atoms with Crippen LogP contribution >= 0.6 is 0 Å². The fraction of sp³-hybridized carbons (Fsp3) is 0.800. The average Bonchev–Trinajstić information content (AvgIpc) is 2.28. The van der Waals surface area contributed by atoms with Gasteiger partial charge in [0.15, 0.2) is 0 Å². The summed E-state index contributed by atoms with van der Waals surface area (Å²) in [6, 6.07) is 0. The number of piperazine rings is 1. The Morgan fingerprint density at radius 1 is 1.17 bits per heavy atom. The molecular weight excluding hydrogens is 260 g/mol. The Morgan fingerprint density at radius 2 is 1.72 bits per heavy atom. The van der Waals surface area contributed by atoms with Gasteiger partial charge in [-0.2, -0.15) is 4.31 Å². The van der Waals surface area contributed by atoms with Crippen LogP contribution in [0.15, 0.2) is 0 Å². The van der Waals surface area contributed by atoms with Gasteiger partial charge in [0.05, 0.1) is 5.75 Å². The van der Waals surface area contributed by atoms with Crippen LogP contribution in [0.2, 0.25) is 0 Å². The standard InChI is InChI=1S/C10H18N2O5S/c1-2-7-18(16,17)12-5-3-11(4-6-12)9(13)8-10(14)15/h2-8H2,1H3,(H,14,15). The second kappa shape index (κ2) is 6.14. The number of nitrogens with zero attached hydrogens (tertiary/aromatic N) is 2. The molecule has 0 aliphatic carbocycles. The first kappa shape index (κ1) is 14.9. The number of rotatable bonds is 5. The van der Waals surface area contributed by atoms with E-state index in [1.807, 2.05) is 0 Å². The molecule has 1 saturated heterocycles. The highest BCUT2D eigenvalue weighted by Gasteiger charge is 2.28. The summed E-state index contributed by atoms with van der Waals surface area (Å²) in [5.74, 6) is -1.52. The van der Waals surface area contributed by atoms with E-state index in [0.717, 1.165) is 0 Å². The summed E-state index contributed by atoms with van der Waals surface area (Å²) >= 11 is 0. The maximum atomic E-state index is 11.8. The Labute approximate surface area is 106 Å². The van der Waals surface area contributed by atoms with Crippen molar-refractivity contribution in [2.75, 3.05) is 31.9 Å². The van der Waals surface area contributed by atoms with Crippen molar-refractivity contribution >= 4 is 21.9 Å². The van der Waals surface area contributed by atoms with Crippen LogP contribution in [0.25, 0.3) is 0 Å². The van der Waals surface area contributed by atoms with Crippen LogP contribution in [-0.2, 0) is 19.6 Å². The van der Waals surface area contributed by atoms with Gasteiger partial charge in [0, 0.05) is 26.2 Å². The molecular formula is C10H18N2O5S. The van der Waals surface area contributed by atoms with Crippen LogP contribution in [0.5, 0.6) is 0 Å². The number of amides is 1. The summed E-state index contributed by atoms with van der Waals surface area (Å²) in [6.45, 7) is 2.80. The second-order valence-electron chi connectivity index (χ2n) is 4.17. The van der Waals surface area contributed by atoms with Crippen molar-refractivity contribution in [1.82, 2.24) is 9.21 Å². The van der Waals surface area contributed by atoms with Crippen LogP contribution in [0.3, 0.4) is 0 Å². The minimum Gasteiger partial charge on any atom is -0.481 e. The predicted octanol–water partition coefficient (Wildman–Crippen LogP) is -0.655. The van der Waals surface area contributed by atoms with Crippen LogP contribution in [0.1, 0.15) is 19.8 Å². The van der Waals surface area contributed by atoms with Crippen molar-refractivity contribution in [3.05, 3.63) is 0 Å². The van der Waals surface area contributed by atoms with Gasteiger partial charge in [0.25, 0.3) is 0 Å². The van der Waals surface area contributed by atoms with Gasteiger partial charge in [0.2, 0.25) is 15.9 Å². The number of aliphatic carboxylic acids is 1. The highest BCUT2D eigenvalue weighted by Crippen LogP contribution is 2.10. The van der Waals surface area contributed by atoms with Gasteiger partial charge in [-0.3, -0.25) is 9.59 Å². The van der Waals surface area contributed by atoms with E-state index in [2.05, 4.69) is 0 Å². The minimum atomic E-state index is -3.23. The third-order valence-corrected chi connectivity index (χ3v) is 4.83. The number of carboxylic acids is 1. The van der Waals surface area contributed by atoms with E-state index >= 15 is 0 Å².